The van der Waals surface area contributed by atoms with Crippen LogP contribution in [-0.4, -0.2) is 11.9 Å². The van der Waals surface area contributed by atoms with Gasteiger partial charge in [0, 0.05) is 0 Å². The van der Waals surface area contributed by atoms with Gasteiger partial charge in [0.1, 0.15) is 0 Å². The molecule has 0 fully saturated rings. The molecular weight excluding hydrogens is 239 g/mol. The average molecular weight is 247 g/mol. The topological polar surface area (TPSA) is 84.2 Å². The smallest absolute Gasteiger partial charge is 0.350 e. The molecule has 17 heavy (non-hydrogen) atoms. The SMILES string of the molecule is NC(=O)NNC(=O)c1ccccc1C(F)(F)F. The number of rotatable bonds is 1. The number of hydrogen-bond donors (Lipinski definition) is 3. The zero-order valence-electron chi connectivity index (χ0n) is 8.34. The van der Waals surface area contributed by atoms with Gasteiger partial charge in [0.2, 0.25) is 0 Å². The Balaban J connectivity index is 2.98. The molecule has 0 saturated carbocycles. The number of nitrogens with two attached hydrogens (primary N) is 1. The number of carbonyl (C=O) groups excluding carboxylic acids is 2. The first kappa shape index (κ1) is 12.8. The van der Waals surface area contributed by atoms with Crippen LogP contribution in [0.25, 0.3) is 0 Å². The second-order valence-corrected chi connectivity index (χ2v) is 2.99. The maximum Gasteiger partial charge on any atom is 0.417 e. The van der Waals surface area contributed by atoms with Crippen LogP contribution in [0.3, 0.4) is 0 Å². The molecule has 4 N–H and O–H groups in total. The third-order valence-corrected chi connectivity index (χ3v) is 1.78. The van der Waals surface area contributed by atoms with Crippen molar-refractivity contribution in [2.75, 3.05) is 0 Å². The van der Waals surface area contributed by atoms with Crippen LogP contribution < -0.4 is 16.6 Å². The number of halogens is 3. The van der Waals surface area contributed by atoms with Gasteiger partial charge in [0.25, 0.3) is 5.91 Å². The first-order valence-electron chi connectivity index (χ1n) is 4.34. The predicted octanol–water partition coefficient (Wildman–Crippen LogP) is 1.02. The third kappa shape index (κ3) is 3.37. The van der Waals surface area contributed by atoms with E-state index in [1.165, 1.54) is 6.07 Å². The minimum atomic E-state index is -4.65. The average Bonchev–Trinajstić information content (AvgIpc) is 2.24. The highest BCUT2D eigenvalue weighted by Crippen LogP contribution is 2.31. The Morgan fingerprint density at radius 1 is 1.12 bits per heavy atom. The quantitative estimate of drug-likeness (QED) is 0.647. The number of alkyl halides is 3. The number of primary amides is 1. The number of hydrazine groups is 1. The molecule has 0 bridgehead atoms. The number of benzene rings is 1. The van der Waals surface area contributed by atoms with E-state index >= 15 is 0 Å². The van der Waals surface area contributed by atoms with Crippen molar-refractivity contribution >= 4 is 11.9 Å². The van der Waals surface area contributed by atoms with Gasteiger partial charge in [-0.1, -0.05) is 12.1 Å². The molecule has 0 aromatic heterocycles. The standard InChI is InChI=1S/C9H8F3N3O2/c10-9(11,12)6-4-2-1-3-5(6)7(16)14-15-8(13)17/h1-4H,(H,14,16)(H3,13,15,17). The summed E-state index contributed by atoms with van der Waals surface area (Å²) >= 11 is 0. The molecule has 92 valence electrons. The Morgan fingerprint density at radius 3 is 2.24 bits per heavy atom. The van der Waals surface area contributed by atoms with Crippen LogP contribution in [0.4, 0.5) is 18.0 Å². The molecule has 0 aliphatic carbocycles. The van der Waals surface area contributed by atoms with Crippen LogP contribution in [0.15, 0.2) is 24.3 Å². The van der Waals surface area contributed by atoms with Gasteiger partial charge >= 0.3 is 12.2 Å². The van der Waals surface area contributed by atoms with E-state index in [1.54, 1.807) is 10.9 Å². The number of amides is 3. The fourth-order valence-corrected chi connectivity index (χ4v) is 1.11. The van der Waals surface area contributed by atoms with Gasteiger partial charge in [0.05, 0.1) is 11.1 Å². The van der Waals surface area contributed by atoms with Gasteiger partial charge in [-0.2, -0.15) is 13.2 Å². The van der Waals surface area contributed by atoms with Crippen molar-refractivity contribution in [1.29, 1.82) is 0 Å². The molecule has 0 aliphatic heterocycles. The zero-order valence-corrected chi connectivity index (χ0v) is 8.34. The molecule has 0 saturated heterocycles. The molecule has 0 spiro atoms. The van der Waals surface area contributed by atoms with E-state index < -0.39 is 29.2 Å². The molecule has 5 nitrogen and oxygen atoms in total. The lowest BCUT2D eigenvalue weighted by Crippen LogP contribution is -2.44. The van der Waals surface area contributed by atoms with Crippen LogP contribution >= 0.6 is 0 Å². The molecule has 0 aliphatic rings. The van der Waals surface area contributed by atoms with E-state index in [2.05, 4.69) is 5.73 Å². The van der Waals surface area contributed by atoms with Gasteiger partial charge in [-0.05, 0) is 12.1 Å². The maximum atomic E-state index is 12.5. The molecule has 8 heteroatoms. The summed E-state index contributed by atoms with van der Waals surface area (Å²) in [6.07, 6.45) is -4.65. The molecule has 0 atom stereocenters. The first-order valence-corrected chi connectivity index (χ1v) is 4.34. The van der Waals surface area contributed by atoms with Crippen molar-refractivity contribution in [1.82, 2.24) is 10.9 Å². The van der Waals surface area contributed by atoms with E-state index in [-0.39, 0.29) is 0 Å². The number of hydrogen-bond acceptors (Lipinski definition) is 2. The minimum Gasteiger partial charge on any atom is -0.350 e. The zero-order chi connectivity index (χ0) is 13.1. The Bertz CT molecular complexity index is 445. The lowest BCUT2D eigenvalue weighted by molar-refractivity contribution is -0.137. The fourth-order valence-electron chi connectivity index (χ4n) is 1.11. The van der Waals surface area contributed by atoms with Crippen molar-refractivity contribution in [2.45, 2.75) is 6.18 Å². The van der Waals surface area contributed by atoms with E-state index in [0.29, 0.717) is 0 Å². The maximum absolute atomic E-state index is 12.5. The summed E-state index contributed by atoms with van der Waals surface area (Å²) in [5, 5.41) is 0. The molecule has 3 amide bonds. The second-order valence-electron chi connectivity index (χ2n) is 2.99. The van der Waals surface area contributed by atoms with Crippen LogP contribution in [0.5, 0.6) is 0 Å². The monoisotopic (exact) mass is 247 g/mol. The van der Waals surface area contributed by atoms with E-state index in [1.807, 2.05) is 0 Å². The summed E-state index contributed by atoms with van der Waals surface area (Å²) in [6, 6.07) is 3.10. The molecule has 0 radical (unpaired) electrons. The van der Waals surface area contributed by atoms with E-state index in [4.69, 9.17) is 0 Å². The minimum absolute atomic E-state index is 0.603. The van der Waals surface area contributed by atoms with E-state index in [9.17, 15) is 22.8 Å². The largest absolute Gasteiger partial charge is 0.417 e. The summed E-state index contributed by atoms with van der Waals surface area (Å²) in [5.41, 5.74) is 6.40. The van der Waals surface area contributed by atoms with E-state index in [0.717, 1.165) is 18.2 Å². The number of nitrogens with one attached hydrogen (secondary N) is 2. The van der Waals surface area contributed by atoms with Crippen molar-refractivity contribution in [3.63, 3.8) is 0 Å². The molecule has 0 heterocycles. The van der Waals surface area contributed by atoms with Gasteiger partial charge in [-0.15, -0.1) is 0 Å². The van der Waals surface area contributed by atoms with Gasteiger partial charge in [-0.3, -0.25) is 10.2 Å². The lowest BCUT2D eigenvalue weighted by atomic mass is 10.1. The van der Waals surface area contributed by atoms with Crippen LogP contribution in [0, 0.1) is 0 Å². The summed E-state index contributed by atoms with van der Waals surface area (Å²) in [7, 11) is 0. The lowest BCUT2D eigenvalue weighted by Gasteiger charge is -2.12. The molecule has 0 unspecified atom stereocenters. The Kier molecular flexibility index (Phi) is 3.56. The Morgan fingerprint density at radius 2 is 1.71 bits per heavy atom. The predicted molar refractivity (Wildman–Crippen MR) is 51.6 cm³/mol. The van der Waals surface area contributed by atoms with Crippen molar-refractivity contribution in [3.8, 4) is 0 Å². The van der Waals surface area contributed by atoms with Crippen LogP contribution in [0.1, 0.15) is 15.9 Å². The summed E-state index contributed by atoms with van der Waals surface area (Å²) < 4.78 is 37.5. The highest BCUT2D eigenvalue weighted by Gasteiger charge is 2.34. The van der Waals surface area contributed by atoms with Crippen molar-refractivity contribution in [2.24, 2.45) is 5.73 Å². The highest BCUT2D eigenvalue weighted by molar-refractivity contribution is 5.96. The van der Waals surface area contributed by atoms with Crippen LogP contribution in [-0.2, 0) is 6.18 Å². The summed E-state index contributed by atoms with van der Waals surface area (Å²) in [5.74, 6) is -1.10. The number of urea groups is 1. The highest BCUT2D eigenvalue weighted by atomic mass is 19.4. The van der Waals surface area contributed by atoms with Crippen molar-refractivity contribution < 1.29 is 22.8 Å². The third-order valence-electron chi connectivity index (χ3n) is 1.78. The number of carbonyl (C=O) groups is 2. The van der Waals surface area contributed by atoms with Gasteiger partial charge < -0.3 is 5.73 Å². The second kappa shape index (κ2) is 4.73. The van der Waals surface area contributed by atoms with Crippen LogP contribution in [0.2, 0.25) is 0 Å². The van der Waals surface area contributed by atoms with Gasteiger partial charge in [0.15, 0.2) is 0 Å². The fraction of sp³-hybridized carbons (Fsp3) is 0.111. The first-order chi connectivity index (χ1) is 7.82. The van der Waals surface area contributed by atoms with Gasteiger partial charge in [-0.25, -0.2) is 10.2 Å². The molecular formula is C9H8F3N3O2. The summed E-state index contributed by atoms with van der Waals surface area (Å²) in [6.45, 7) is 0. The molecule has 1 aromatic rings. The summed E-state index contributed by atoms with van der Waals surface area (Å²) in [4.78, 5) is 21.6. The Hall–Kier alpha value is -2.25. The normalized spacial score (nSPS) is 10.8. The molecule has 1 aromatic carbocycles. The van der Waals surface area contributed by atoms with Crippen molar-refractivity contribution in [3.05, 3.63) is 35.4 Å². The molecule has 1 rings (SSSR count). The Labute approximate surface area is 93.8 Å².